The highest BCUT2D eigenvalue weighted by atomic mass is 16.5. The zero-order chi connectivity index (χ0) is 16.9. The molecule has 1 aliphatic heterocycles. The van der Waals surface area contributed by atoms with E-state index in [-0.39, 0.29) is 0 Å². The van der Waals surface area contributed by atoms with E-state index >= 15 is 0 Å². The van der Waals surface area contributed by atoms with Gasteiger partial charge in [0.05, 0.1) is 0 Å². The molecule has 1 saturated heterocycles. The topological polar surface area (TPSA) is 15.7 Å². The SMILES string of the molecule is Cc1cccc(N2CCN(CCOc3cc(C)ccc3C)CC2)c1. The molecule has 24 heavy (non-hydrogen) atoms. The predicted octanol–water partition coefficient (Wildman–Crippen LogP) is 3.81. The van der Waals surface area contributed by atoms with E-state index < -0.39 is 0 Å². The first-order valence-electron chi connectivity index (χ1n) is 8.86. The fourth-order valence-electron chi connectivity index (χ4n) is 3.20. The minimum atomic E-state index is 0.759. The number of nitrogens with zero attached hydrogens (tertiary/aromatic N) is 2. The molecule has 3 nitrogen and oxygen atoms in total. The summed E-state index contributed by atoms with van der Waals surface area (Å²) in [6.07, 6.45) is 0. The van der Waals surface area contributed by atoms with Gasteiger partial charge in [-0.2, -0.15) is 0 Å². The van der Waals surface area contributed by atoms with Gasteiger partial charge in [0.1, 0.15) is 12.4 Å². The molecule has 0 amide bonds. The molecule has 0 bridgehead atoms. The van der Waals surface area contributed by atoms with Gasteiger partial charge in [-0.15, -0.1) is 0 Å². The second-order valence-electron chi connectivity index (χ2n) is 6.79. The largest absolute Gasteiger partial charge is 0.492 e. The third kappa shape index (κ3) is 4.30. The molecular weight excluding hydrogens is 296 g/mol. The maximum absolute atomic E-state index is 5.99. The Labute approximate surface area is 145 Å². The normalized spacial score (nSPS) is 15.5. The first kappa shape index (κ1) is 16.8. The van der Waals surface area contributed by atoms with Gasteiger partial charge in [-0.25, -0.2) is 0 Å². The highest BCUT2D eigenvalue weighted by Gasteiger charge is 2.17. The van der Waals surface area contributed by atoms with E-state index in [0.717, 1.165) is 45.1 Å². The third-order valence-electron chi connectivity index (χ3n) is 4.75. The average molecular weight is 324 g/mol. The van der Waals surface area contributed by atoms with Crippen LogP contribution in [0.3, 0.4) is 0 Å². The summed E-state index contributed by atoms with van der Waals surface area (Å²) in [6.45, 7) is 12.5. The molecule has 0 aliphatic carbocycles. The quantitative estimate of drug-likeness (QED) is 0.832. The first-order chi connectivity index (χ1) is 11.6. The summed E-state index contributed by atoms with van der Waals surface area (Å²) in [4.78, 5) is 4.98. The maximum atomic E-state index is 5.99. The van der Waals surface area contributed by atoms with Crippen molar-refractivity contribution in [2.24, 2.45) is 0 Å². The minimum Gasteiger partial charge on any atom is -0.492 e. The zero-order valence-corrected chi connectivity index (χ0v) is 15.1. The lowest BCUT2D eigenvalue weighted by atomic mass is 10.1. The molecule has 3 heteroatoms. The molecule has 0 spiro atoms. The third-order valence-corrected chi connectivity index (χ3v) is 4.75. The number of anilines is 1. The van der Waals surface area contributed by atoms with Crippen LogP contribution in [0.1, 0.15) is 16.7 Å². The Bertz CT molecular complexity index is 675. The molecule has 0 saturated carbocycles. The average Bonchev–Trinajstić information content (AvgIpc) is 2.58. The van der Waals surface area contributed by atoms with E-state index in [1.807, 2.05) is 0 Å². The summed E-state index contributed by atoms with van der Waals surface area (Å²) < 4.78 is 5.99. The Balaban J connectivity index is 1.45. The van der Waals surface area contributed by atoms with Crippen LogP contribution in [0, 0.1) is 20.8 Å². The van der Waals surface area contributed by atoms with Crippen molar-refractivity contribution < 1.29 is 4.74 Å². The fraction of sp³-hybridized carbons (Fsp3) is 0.429. The van der Waals surface area contributed by atoms with Gasteiger partial charge in [0, 0.05) is 38.4 Å². The van der Waals surface area contributed by atoms with Crippen molar-refractivity contribution in [1.82, 2.24) is 4.90 Å². The first-order valence-corrected chi connectivity index (χ1v) is 8.86. The van der Waals surface area contributed by atoms with Crippen LogP contribution in [0.5, 0.6) is 5.75 Å². The van der Waals surface area contributed by atoms with Gasteiger partial charge in [0.15, 0.2) is 0 Å². The molecule has 128 valence electrons. The van der Waals surface area contributed by atoms with Crippen molar-refractivity contribution >= 4 is 5.69 Å². The molecule has 0 aromatic heterocycles. The van der Waals surface area contributed by atoms with Crippen LogP contribution in [0.25, 0.3) is 0 Å². The summed E-state index contributed by atoms with van der Waals surface area (Å²) >= 11 is 0. The molecule has 2 aromatic rings. The summed E-state index contributed by atoms with van der Waals surface area (Å²) in [5.41, 5.74) is 5.14. The molecule has 0 unspecified atom stereocenters. The van der Waals surface area contributed by atoms with Crippen molar-refractivity contribution in [3.63, 3.8) is 0 Å². The second-order valence-corrected chi connectivity index (χ2v) is 6.79. The lowest BCUT2D eigenvalue weighted by molar-refractivity contribution is 0.200. The second kappa shape index (κ2) is 7.71. The summed E-state index contributed by atoms with van der Waals surface area (Å²) in [5.74, 6) is 1.02. The molecule has 1 heterocycles. The molecule has 1 fully saturated rings. The van der Waals surface area contributed by atoms with Crippen molar-refractivity contribution in [1.29, 1.82) is 0 Å². The summed E-state index contributed by atoms with van der Waals surface area (Å²) in [6, 6.07) is 15.2. The summed E-state index contributed by atoms with van der Waals surface area (Å²) in [7, 11) is 0. The Kier molecular flexibility index (Phi) is 5.41. The van der Waals surface area contributed by atoms with Gasteiger partial charge in [0.25, 0.3) is 0 Å². The van der Waals surface area contributed by atoms with Crippen molar-refractivity contribution in [3.05, 3.63) is 59.2 Å². The zero-order valence-electron chi connectivity index (χ0n) is 15.1. The number of benzene rings is 2. The Morgan fingerprint density at radius 1 is 0.875 bits per heavy atom. The van der Waals surface area contributed by atoms with Crippen LogP contribution in [0.15, 0.2) is 42.5 Å². The van der Waals surface area contributed by atoms with Crippen LogP contribution in [0.2, 0.25) is 0 Å². The van der Waals surface area contributed by atoms with Gasteiger partial charge >= 0.3 is 0 Å². The van der Waals surface area contributed by atoms with Gasteiger partial charge in [-0.05, 0) is 55.7 Å². The number of rotatable bonds is 5. The monoisotopic (exact) mass is 324 g/mol. The minimum absolute atomic E-state index is 0.759. The van der Waals surface area contributed by atoms with E-state index in [4.69, 9.17) is 4.74 Å². The van der Waals surface area contributed by atoms with Crippen LogP contribution in [-0.2, 0) is 0 Å². The van der Waals surface area contributed by atoms with Crippen LogP contribution < -0.4 is 9.64 Å². The lowest BCUT2D eigenvalue weighted by Crippen LogP contribution is -2.47. The number of piperazine rings is 1. The molecular formula is C21H28N2O. The lowest BCUT2D eigenvalue weighted by Gasteiger charge is -2.36. The smallest absolute Gasteiger partial charge is 0.122 e. The van der Waals surface area contributed by atoms with Gasteiger partial charge in [0.2, 0.25) is 0 Å². The van der Waals surface area contributed by atoms with Gasteiger partial charge < -0.3 is 9.64 Å². The van der Waals surface area contributed by atoms with E-state index in [9.17, 15) is 0 Å². The van der Waals surface area contributed by atoms with Crippen molar-refractivity contribution in [3.8, 4) is 5.75 Å². The predicted molar refractivity (Wildman–Crippen MR) is 101 cm³/mol. The molecule has 0 N–H and O–H groups in total. The Hall–Kier alpha value is -2.00. The molecule has 3 rings (SSSR count). The van der Waals surface area contributed by atoms with Crippen LogP contribution in [-0.4, -0.2) is 44.2 Å². The van der Waals surface area contributed by atoms with E-state index in [0.29, 0.717) is 0 Å². The highest BCUT2D eigenvalue weighted by Crippen LogP contribution is 2.20. The van der Waals surface area contributed by atoms with E-state index in [2.05, 4.69) is 73.0 Å². The molecule has 0 atom stereocenters. The fourth-order valence-corrected chi connectivity index (χ4v) is 3.20. The van der Waals surface area contributed by atoms with Crippen molar-refractivity contribution in [2.75, 3.05) is 44.2 Å². The van der Waals surface area contributed by atoms with Gasteiger partial charge in [-0.1, -0.05) is 24.3 Å². The number of hydrogen-bond donors (Lipinski definition) is 0. The molecule has 1 aliphatic rings. The summed E-state index contributed by atoms with van der Waals surface area (Å²) in [5, 5.41) is 0. The number of aryl methyl sites for hydroxylation is 3. The van der Waals surface area contributed by atoms with Crippen molar-refractivity contribution in [2.45, 2.75) is 20.8 Å². The molecule has 0 radical (unpaired) electrons. The van der Waals surface area contributed by atoms with Crippen LogP contribution in [0.4, 0.5) is 5.69 Å². The van der Waals surface area contributed by atoms with E-state index in [1.54, 1.807) is 0 Å². The van der Waals surface area contributed by atoms with Gasteiger partial charge in [-0.3, -0.25) is 4.90 Å². The number of ether oxygens (including phenoxy) is 1. The van der Waals surface area contributed by atoms with E-state index in [1.165, 1.54) is 22.4 Å². The Morgan fingerprint density at radius 2 is 1.62 bits per heavy atom. The Morgan fingerprint density at radius 3 is 2.38 bits per heavy atom. The van der Waals surface area contributed by atoms with Crippen LogP contribution >= 0.6 is 0 Å². The number of hydrogen-bond acceptors (Lipinski definition) is 3. The molecule has 2 aromatic carbocycles. The highest BCUT2D eigenvalue weighted by molar-refractivity contribution is 5.48. The standard InChI is InChI=1S/C21H28N2O/c1-17-5-4-6-20(15-17)23-11-9-22(10-12-23)13-14-24-21-16-18(2)7-8-19(21)3/h4-8,15-16H,9-14H2,1-3H3. The maximum Gasteiger partial charge on any atom is 0.122 e.